The first-order chi connectivity index (χ1) is 7.81. The highest BCUT2D eigenvalue weighted by molar-refractivity contribution is 7.09. The zero-order valence-corrected chi connectivity index (χ0v) is 9.87. The maximum atomic E-state index is 9.21. The van der Waals surface area contributed by atoms with Crippen LogP contribution in [0.1, 0.15) is 23.4 Å². The summed E-state index contributed by atoms with van der Waals surface area (Å²) in [4.78, 5) is 5.24. The maximum Gasteiger partial charge on any atom is 0.0795 e. The van der Waals surface area contributed by atoms with Crippen molar-refractivity contribution in [3.63, 3.8) is 0 Å². The van der Waals surface area contributed by atoms with Crippen molar-refractivity contribution in [2.75, 3.05) is 5.32 Å². The highest BCUT2D eigenvalue weighted by Gasteiger charge is 2.08. The fourth-order valence-electron chi connectivity index (χ4n) is 1.54. The predicted molar refractivity (Wildman–Crippen MR) is 66.5 cm³/mol. The first-order valence-electron chi connectivity index (χ1n) is 5.15. The number of hydrogen-bond donors (Lipinski definition) is 2. The van der Waals surface area contributed by atoms with Gasteiger partial charge >= 0.3 is 0 Å². The van der Waals surface area contributed by atoms with Crippen molar-refractivity contribution in [3.8, 4) is 0 Å². The van der Waals surface area contributed by atoms with Crippen molar-refractivity contribution in [2.45, 2.75) is 19.6 Å². The summed E-state index contributed by atoms with van der Waals surface area (Å²) < 4.78 is 0. The number of rotatable bonds is 4. The van der Waals surface area contributed by atoms with Gasteiger partial charge in [-0.15, -0.1) is 11.3 Å². The number of anilines is 1. The van der Waals surface area contributed by atoms with Gasteiger partial charge in [-0.2, -0.15) is 0 Å². The first kappa shape index (κ1) is 11.1. The van der Waals surface area contributed by atoms with Crippen LogP contribution >= 0.6 is 11.3 Å². The highest BCUT2D eigenvalue weighted by atomic mass is 32.1. The Labute approximate surface area is 98.8 Å². The molecule has 0 saturated carbocycles. The highest BCUT2D eigenvalue weighted by Crippen LogP contribution is 2.24. The van der Waals surface area contributed by atoms with Gasteiger partial charge in [0.2, 0.25) is 0 Å². The van der Waals surface area contributed by atoms with Crippen LogP contribution in [0, 0.1) is 0 Å². The van der Waals surface area contributed by atoms with Crippen LogP contribution in [0.5, 0.6) is 0 Å². The van der Waals surface area contributed by atoms with E-state index < -0.39 is 0 Å². The van der Waals surface area contributed by atoms with E-state index in [2.05, 4.69) is 17.2 Å². The van der Waals surface area contributed by atoms with Gasteiger partial charge in [0, 0.05) is 22.3 Å². The smallest absolute Gasteiger partial charge is 0.0795 e. The molecule has 84 valence electrons. The molecular weight excluding hydrogens is 220 g/mol. The Kier molecular flexibility index (Phi) is 3.54. The summed E-state index contributed by atoms with van der Waals surface area (Å²) in [6.07, 6.45) is 1.86. The molecule has 2 aromatic rings. The van der Waals surface area contributed by atoms with E-state index >= 15 is 0 Å². The molecule has 0 bridgehead atoms. The molecule has 0 radical (unpaired) electrons. The number of aromatic nitrogens is 1. The van der Waals surface area contributed by atoms with Crippen molar-refractivity contribution < 1.29 is 5.11 Å². The Bertz CT molecular complexity index is 442. The first-order valence-corrected chi connectivity index (χ1v) is 6.03. The van der Waals surface area contributed by atoms with E-state index in [9.17, 15) is 5.11 Å². The maximum absolute atomic E-state index is 9.21. The molecule has 1 unspecified atom stereocenters. The van der Waals surface area contributed by atoms with Crippen LogP contribution in [0.2, 0.25) is 0 Å². The Balaban J connectivity index is 2.14. The molecule has 0 saturated heterocycles. The Morgan fingerprint density at radius 3 is 2.94 bits per heavy atom. The van der Waals surface area contributed by atoms with Crippen LogP contribution in [-0.2, 0) is 6.61 Å². The van der Waals surface area contributed by atoms with Crippen molar-refractivity contribution >= 4 is 17.0 Å². The summed E-state index contributed by atoms with van der Waals surface area (Å²) in [6, 6.07) is 7.99. The van der Waals surface area contributed by atoms with Crippen molar-refractivity contribution in [1.82, 2.24) is 4.98 Å². The average Bonchev–Trinajstić information content (AvgIpc) is 2.83. The Morgan fingerprint density at radius 2 is 2.25 bits per heavy atom. The van der Waals surface area contributed by atoms with E-state index in [1.165, 1.54) is 4.88 Å². The lowest BCUT2D eigenvalue weighted by Gasteiger charge is -2.15. The van der Waals surface area contributed by atoms with Gasteiger partial charge in [0.25, 0.3) is 0 Å². The van der Waals surface area contributed by atoms with Crippen LogP contribution in [-0.4, -0.2) is 10.1 Å². The van der Waals surface area contributed by atoms with Gasteiger partial charge in [0.15, 0.2) is 0 Å². The van der Waals surface area contributed by atoms with E-state index in [4.69, 9.17) is 0 Å². The molecule has 0 spiro atoms. The third-order valence-corrected chi connectivity index (χ3v) is 3.40. The van der Waals surface area contributed by atoms with Gasteiger partial charge in [-0.3, -0.25) is 4.98 Å². The monoisotopic (exact) mass is 234 g/mol. The number of thiazole rings is 1. The summed E-state index contributed by atoms with van der Waals surface area (Å²) in [6.45, 7) is 2.14. The second-order valence-corrected chi connectivity index (χ2v) is 4.50. The number of benzene rings is 1. The van der Waals surface area contributed by atoms with Crippen LogP contribution < -0.4 is 5.32 Å². The van der Waals surface area contributed by atoms with Gasteiger partial charge in [0.1, 0.15) is 0 Å². The SMILES string of the molecule is CC(Nc1ccccc1CO)c1cncs1. The van der Waals surface area contributed by atoms with E-state index in [0.717, 1.165) is 11.3 Å². The lowest BCUT2D eigenvalue weighted by atomic mass is 10.1. The molecule has 1 atom stereocenters. The van der Waals surface area contributed by atoms with Gasteiger partial charge in [-0.1, -0.05) is 18.2 Å². The second kappa shape index (κ2) is 5.09. The zero-order chi connectivity index (χ0) is 11.4. The standard InChI is InChI=1S/C12H14N2OS/c1-9(12-6-13-8-16-12)14-11-5-3-2-4-10(11)7-15/h2-6,8-9,14-15H,7H2,1H3. The minimum absolute atomic E-state index is 0.0542. The van der Waals surface area contributed by atoms with E-state index in [-0.39, 0.29) is 12.6 Å². The van der Waals surface area contributed by atoms with E-state index in [0.29, 0.717) is 0 Å². The number of aliphatic hydroxyl groups excluding tert-OH is 1. The molecule has 2 N–H and O–H groups in total. The summed E-state index contributed by atoms with van der Waals surface area (Å²) >= 11 is 1.63. The lowest BCUT2D eigenvalue weighted by Crippen LogP contribution is -2.06. The molecule has 0 aliphatic heterocycles. The second-order valence-electron chi connectivity index (χ2n) is 3.59. The van der Waals surface area contributed by atoms with Gasteiger partial charge < -0.3 is 10.4 Å². The number of nitrogens with zero attached hydrogens (tertiary/aromatic N) is 1. The number of hydrogen-bond acceptors (Lipinski definition) is 4. The Hall–Kier alpha value is -1.39. The molecule has 0 fully saturated rings. The fraction of sp³-hybridized carbons (Fsp3) is 0.250. The molecule has 3 nitrogen and oxygen atoms in total. The zero-order valence-electron chi connectivity index (χ0n) is 9.05. The molecule has 4 heteroatoms. The normalized spacial score (nSPS) is 12.4. The van der Waals surface area contributed by atoms with Gasteiger partial charge in [-0.25, -0.2) is 0 Å². The topological polar surface area (TPSA) is 45.1 Å². The molecule has 1 aromatic heterocycles. The minimum atomic E-state index is 0.0542. The summed E-state index contributed by atoms with van der Waals surface area (Å²) in [7, 11) is 0. The molecule has 2 rings (SSSR count). The molecule has 1 aromatic carbocycles. The quantitative estimate of drug-likeness (QED) is 0.855. The van der Waals surface area contributed by atoms with Gasteiger partial charge in [-0.05, 0) is 13.0 Å². The average molecular weight is 234 g/mol. The largest absolute Gasteiger partial charge is 0.392 e. The van der Waals surface area contributed by atoms with E-state index in [1.54, 1.807) is 11.3 Å². The van der Waals surface area contributed by atoms with Gasteiger partial charge in [0.05, 0.1) is 18.2 Å². The van der Waals surface area contributed by atoms with Crippen LogP contribution in [0.4, 0.5) is 5.69 Å². The fourth-order valence-corrected chi connectivity index (χ4v) is 2.17. The molecule has 16 heavy (non-hydrogen) atoms. The molecule has 0 aliphatic carbocycles. The number of para-hydroxylation sites is 1. The number of aliphatic hydroxyl groups is 1. The lowest BCUT2D eigenvalue weighted by molar-refractivity contribution is 0.282. The molecule has 0 amide bonds. The minimum Gasteiger partial charge on any atom is -0.392 e. The van der Waals surface area contributed by atoms with Crippen molar-refractivity contribution in [1.29, 1.82) is 0 Å². The molecule has 1 heterocycles. The van der Waals surface area contributed by atoms with Crippen molar-refractivity contribution in [2.24, 2.45) is 0 Å². The molecule has 0 aliphatic rings. The molecular formula is C12H14N2OS. The van der Waals surface area contributed by atoms with Crippen LogP contribution in [0.3, 0.4) is 0 Å². The summed E-state index contributed by atoms with van der Waals surface area (Å²) in [5, 5.41) is 12.6. The van der Waals surface area contributed by atoms with Crippen LogP contribution in [0.15, 0.2) is 36.0 Å². The third-order valence-electron chi connectivity index (χ3n) is 2.44. The summed E-state index contributed by atoms with van der Waals surface area (Å²) in [5.41, 5.74) is 3.72. The van der Waals surface area contributed by atoms with Crippen molar-refractivity contribution in [3.05, 3.63) is 46.4 Å². The third kappa shape index (κ3) is 2.40. The van der Waals surface area contributed by atoms with E-state index in [1.807, 2.05) is 36.0 Å². The Morgan fingerprint density at radius 1 is 1.44 bits per heavy atom. The van der Waals surface area contributed by atoms with Crippen LogP contribution in [0.25, 0.3) is 0 Å². The predicted octanol–water partition coefficient (Wildman–Crippen LogP) is 2.81. The number of nitrogens with one attached hydrogen (secondary N) is 1. The summed E-state index contributed by atoms with van der Waals surface area (Å²) in [5.74, 6) is 0.